The lowest BCUT2D eigenvalue weighted by molar-refractivity contribution is 0.262. The number of hydrogen-bond acceptors (Lipinski definition) is 2. The van der Waals surface area contributed by atoms with Gasteiger partial charge in [0.05, 0.1) is 0 Å². The van der Waals surface area contributed by atoms with Crippen LogP contribution in [-0.4, -0.2) is 6.03 Å². The molecule has 20 heavy (non-hydrogen) atoms. The fourth-order valence-electron chi connectivity index (χ4n) is 1.73. The van der Waals surface area contributed by atoms with Gasteiger partial charge in [0.1, 0.15) is 0 Å². The molecule has 0 aliphatic carbocycles. The van der Waals surface area contributed by atoms with Gasteiger partial charge in [-0.15, -0.1) is 0 Å². The Labute approximate surface area is 126 Å². The van der Waals surface area contributed by atoms with Crippen molar-refractivity contribution in [2.45, 2.75) is 13.0 Å². The van der Waals surface area contributed by atoms with Gasteiger partial charge in [-0.05, 0) is 42.8 Å². The van der Waals surface area contributed by atoms with Crippen LogP contribution >= 0.6 is 15.9 Å². The molecular formula is C15H16BrN3O. The van der Waals surface area contributed by atoms with Gasteiger partial charge in [0.15, 0.2) is 0 Å². The Bertz CT molecular complexity index is 596. The molecular weight excluding hydrogens is 318 g/mol. The molecule has 0 bridgehead atoms. The quantitative estimate of drug-likeness (QED) is 0.791. The van der Waals surface area contributed by atoms with Crippen LogP contribution in [0.1, 0.15) is 18.5 Å². The molecule has 0 heterocycles. The van der Waals surface area contributed by atoms with Crippen molar-refractivity contribution in [3.05, 3.63) is 58.6 Å². The first-order valence-electron chi connectivity index (χ1n) is 6.24. The monoisotopic (exact) mass is 333 g/mol. The Morgan fingerprint density at radius 2 is 1.75 bits per heavy atom. The van der Waals surface area contributed by atoms with Crippen LogP contribution in [0.3, 0.4) is 0 Å². The number of nitrogens with two attached hydrogens (primary N) is 1. The minimum absolute atomic E-state index is 0.0143. The second-order valence-corrected chi connectivity index (χ2v) is 5.42. The number of carbonyl (C=O) groups excluding carboxylic acids is 1. The summed E-state index contributed by atoms with van der Waals surface area (Å²) in [7, 11) is 0. The van der Waals surface area contributed by atoms with Crippen LogP contribution in [-0.2, 0) is 0 Å². The summed E-state index contributed by atoms with van der Waals surface area (Å²) in [5.74, 6) is 0. The Hall–Kier alpha value is -1.85. The molecule has 104 valence electrons. The summed E-state index contributed by atoms with van der Waals surface area (Å²) in [6.07, 6.45) is 0. The Kier molecular flexibility index (Phi) is 4.76. The van der Waals surface area contributed by atoms with Crippen LogP contribution < -0.4 is 16.4 Å². The summed E-state index contributed by atoms with van der Waals surface area (Å²) in [6.45, 7) is 1.92. The number of nitrogens with one attached hydrogen (secondary N) is 2. The molecule has 0 saturated carbocycles. The molecule has 1 atom stereocenters. The lowest BCUT2D eigenvalue weighted by atomic mass is 10.1. The molecule has 2 rings (SSSR count). The van der Waals surface area contributed by atoms with E-state index in [1.807, 2.05) is 55.5 Å². The van der Waals surface area contributed by atoms with Gasteiger partial charge in [-0.25, -0.2) is 4.79 Å². The summed E-state index contributed by atoms with van der Waals surface area (Å²) >= 11 is 3.36. The number of rotatable bonds is 3. The molecule has 0 fully saturated rings. The average Bonchev–Trinajstić information content (AvgIpc) is 2.39. The van der Waals surface area contributed by atoms with Crippen LogP contribution in [0.4, 0.5) is 16.2 Å². The van der Waals surface area contributed by atoms with E-state index in [0.29, 0.717) is 0 Å². The fraction of sp³-hybridized carbons (Fsp3) is 0.133. The minimum atomic E-state index is -0.281. The number of benzene rings is 2. The van der Waals surface area contributed by atoms with Crippen LogP contribution in [0.15, 0.2) is 53.0 Å². The highest BCUT2D eigenvalue weighted by atomic mass is 79.9. The largest absolute Gasteiger partial charge is 0.324 e. The van der Waals surface area contributed by atoms with Gasteiger partial charge in [-0.2, -0.15) is 0 Å². The second kappa shape index (κ2) is 6.54. The SMILES string of the molecule is CC(N)c1ccc(NC(=O)Nc2cccc(Br)c2)cc1. The normalized spacial score (nSPS) is 11.8. The molecule has 0 aliphatic heterocycles. The van der Waals surface area contributed by atoms with E-state index in [0.717, 1.165) is 21.4 Å². The predicted octanol–water partition coefficient (Wildman–Crippen LogP) is 4.11. The van der Waals surface area contributed by atoms with E-state index in [1.165, 1.54) is 0 Å². The summed E-state index contributed by atoms with van der Waals surface area (Å²) in [4.78, 5) is 11.8. The Morgan fingerprint density at radius 1 is 1.10 bits per heavy atom. The van der Waals surface area contributed by atoms with Gasteiger partial charge in [0.2, 0.25) is 0 Å². The van der Waals surface area contributed by atoms with Crippen LogP contribution in [0.25, 0.3) is 0 Å². The van der Waals surface area contributed by atoms with Gasteiger partial charge in [-0.1, -0.05) is 34.1 Å². The van der Waals surface area contributed by atoms with Crippen molar-refractivity contribution < 1.29 is 4.79 Å². The Balaban J connectivity index is 1.97. The topological polar surface area (TPSA) is 67.1 Å². The first kappa shape index (κ1) is 14.6. The van der Waals surface area contributed by atoms with Gasteiger partial charge >= 0.3 is 6.03 Å². The Morgan fingerprint density at radius 3 is 2.35 bits per heavy atom. The summed E-state index contributed by atoms with van der Waals surface area (Å²) in [6, 6.07) is 14.6. The van der Waals surface area contributed by atoms with E-state index in [9.17, 15) is 4.79 Å². The molecule has 0 saturated heterocycles. The fourth-order valence-corrected chi connectivity index (χ4v) is 2.13. The van der Waals surface area contributed by atoms with Crippen molar-refractivity contribution in [2.24, 2.45) is 5.73 Å². The van der Waals surface area contributed by atoms with Crippen molar-refractivity contribution in [3.8, 4) is 0 Å². The van der Waals surface area contributed by atoms with E-state index in [-0.39, 0.29) is 12.1 Å². The molecule has 2 aromatic carbocycles. The third-order valence-corrected chi connectivity index (χ3v) is 3.27. The van der Waals surface area contributed by atoms with Crippen molar-refractivity contribution >= 4 is 33.3 Å². The minimum Gasteiger partial charge on any atom is -0.324 e. The van der Waals surface area contributed by atoms with Gasteiger partial charge in [-0.3, -0.25) is 0 Å². The lowest BCUT2D eigenvalue weighted by Crippen LogP contribution is -2.19. The first-order chi connectivity index (χ1) is 9.54. The van der Waals surface area contributed by atoms with E-state index < -0.39 is 0 Å². The maximum Gasteiger partial charge on any atom is 0.323 e. The number of hydrogen-bond donors (Lipinski definition) is 3. The smallest absolute Gasteiger partial charge is 0.323 e. The highest BCUT2D eigenvalue weighted by molar-refractivity contribution is 9.10. The van der Waals surface area contributed by atoms with Gasteiger partial charge in [0.25, 0.3) is 0 Å². The molecule has 0 spiro atoms. The first-order valence-corrected chi connectivity index (χ1v) is 7.03. The summed E-state index contributed by atoms with van der Waals surface area (Å²) in [5.41, 5.74) is 8.26. The highest BCUT2D eigenvalue weighted by Crippen LogP contribution is 2.17. The van der Waals surface area contributed by atoms with Crippen molar-refractivity contribution in [3.63, 3.8) is 0 Å². The second-order valence-electron chi connectivity index (χ2n) is 4.50. The number of carbonyl (C=O) groups is 1. The van der Waals surface area contributed by atoms with E-state index >= 15 is 0 Å². The maximum absolute atomic E-state index is 11.8. The predicted molar refractivity (Wildman–Crippen MR) is 85.8 cm³/mol. The summed E-state index contributed by atoms with van der Waals surface area (Å²) in [5, 5.41) is 5.53. The number of urea groups is 1. The van der Waals surface area contributed by atoms with Crippen LogP contribution in [0.2, 0.25) is 0 Å². The number of anilines is 2. The van der Waals surface area contributed by atoms with Crippen molar-refractivity contribution in [1.82, 2.24) is 0 Å². The maximum atomic E-state index is 11.8. The molecule has 1 unspecified atom stereocenters. The zero-order valence-electron chi connectivity index (χ0n) is 11.1. The van der Waals surface area contributed by atoms with Crippen molar-refractivity contribution in [1.29, 1.82) is 0 Å². The molecule has 4 N–H and O–H groups in total. The van der Waals surface area contributed by atoms with Crippen LogP contribution in [0, 0.1) is 0 Å². The molecule has 0 aliphatic rings. The summed E-state index contributed by atoms with van der Waals surface area (Å²) < 4.78 is 0.914. The van der Waals surface area contributed by atoms with E-state index in [2.05, 4.69) is 26.6 Å². The third kappa shape index (κ3) is 4.08. The zero-order valence-corrected chi connectivity index (χ0v) is 12.6. The van der Waals surface area contributed by atoms with E-state index in [4.69, 9.17) is 5.73 Å². The number of halogens is 1. The molecule has 4 nitrogen and oxygen atoms in total. The van der Waals surface area contributed by atoms with E-state index in [1.54, 1.807) is 0 Å². The molecule has 0 aromatic heterocycles. The van der Waals surface area contributed by atoms with Gasteiger partial charge in [0, 0.05) is 21.9 Å². The third-order valence-electron chi connectivity index (χ3n) is 2.78. The highest BCUT2D eigenvalue weighted by Gasteiger charge is 2.04. The van der Waals surface area contributed by atoms with Gasteiger partial charge < -0.3 is 16.4 Å². The van der Waals surface area contributed by atoms with Crippen LogP contribution in [0.5, 0.6) is 0 Å². The molecule has 2 amide bonds. The standard InChI is InChI=1S/C15H16BrN3O/c1-10(17)11-5-7-13(8-6-11)18-15(20)19-14-4-2-3-12(16)9-14/h2-10H,17H2,1H3,(H2,18,19,20). The number of amides is 2. The average molecular weight is 334 g/mol. The molecule has 0 radical (unpaired) electrons. The lowest BCUT2D eigenvalue weighted by Gasteiger charge is -2.10. The zero-order chi connectivity index (χ0) is 14.5. The van der Waals surface area contributed by atoms with Crippen molar-refractivity contribution in [2.75, 3.05) is 10.6 Å². The molecule has 2 aromatic rings. The molecule has 5 heteroatoms.